The fourth-order valence-electron chi connectivity index (χ4n) is 2.76. The molecule has 0 amide bonds. The number of benzene rings is 1. The Hall–Kier alpha value is -1.56. The van der Waals surface area contributed by atoms with Crippen LogP contribution in [-0.4, -0.2) is 27.6 Å². The summed E-state index contributed by atoms with van der Waals surface area (Å²) in [5.41, 5.74) is 1.79. The maximum atomic E-state index is 12.1. The quantitative estimate of drug-likeness (QED) is 0.880. The Kier molecular flexibility index (Phi) is 5.43. The molecule has 0 aliphatic heterocycles. The van der Waals surface area contributed by atoms with Gasteiger partial charge in [-0.25, -0.2) is 4.68 Å². The van der Waals surface area contributed by atoms with Crippen molar-refractivity contribution >= 4 is 23.2 Å². The second-order valence-electron chi connectivity index (χ2n) is 5.88. The summed E-state index contributed by atoms with van der Waals surface area (Å²) in [5.74, 6) is 0.436. The zero-order chi connectivity index (χ0) is 17.1. The van der Waals surface area contributed by atoms with Crippen LogP contribution in [0.4, 0.5) is 0 Å². The summed E-state index contributed by atoms with van der Waals surface area (Å²) in [5, 5.41) is 15.4. The summed E-state index contributed by atoms with van der Waals surface area (Å²) in [4.78, 5) is 12.1. The Labute approximate surface area is 149 Å². The van der Waals surface area contributed by atoms with Gasteiger partial charge in [0.2, 0.25) is 0 Å². The molecule has 128 valence electrons. The van der Waals surface area contributed by atoms with Crippen molar-refractivity contribution in [2.75, 3.05) is 6.61 Å². The molecular formula is C17H18Cl2N2O3. The van der Waals surface area contributed by atoms with Gasteiger partial charge >= 0.3 is 0 Å². The van der Waals surface area contributed by atoms with Gasteiger partial charge in [0.05, 0.1) is 17.3 Å². The molecule has 0 bridgehead atoms. The molecule has 0 radical (unpaired) electrons. The molecule has 1 heterocycles. The molecule has 1 unspecified atom stereocenters. The van der Waals surface area contributed by atoms with E-state index in [1.165, 1.54) is 4.68 Å². The number of hydrogen-bond acceptors (Lipinski definition) is 4. The van der Waals surface area contributed by atoms with Crippen molar-refractivity contribution in [2.24, 2.45) is 0 Å². The smallest absolute Gasteiger partial charge is 0.267 e. The fourth-order valence-corrected chi connectivity index (χ4v) is 3.23. The number of hydrogen-bond donors (Lipinski definition) is 1. The van der Waals surface area contributed by atoms with Crippen molar-refractivity contribution in [3.05, 3.63) is 55.9 Å². The Morgan fingerprint density at radius 3 is 2.83 bits per heavy atom. The minimum atomic E-state index is -0.872. The third-order valence-electron chi connectivity index (χ3n) is 3.98. The molecule has 0 spiro atoms. The first kappa shape index (κ1) is 17.3. The maximum absolute atomic E-state index is 12.1. The number of nitrogens with zero attached hydrogens (tertiary/aromatic N) is 2. The minimum absolute atomic E-state index is 0.00651. The zero-order valence-corrected chi connectivity index (χ0v) is 14.6. The average molecular weight is 369 g/mol. The minimum Gasteiger partial charge on any atom is -0.489 e. The Bertz CT molecular complexity index is 792. The van der Waals surface area contributed by atoms with Crippen LogP contribution in [0, 0.1) is 0 Å². The molecule has 0 saturated carbocycles. The van der Waals surface area contributed by atoms with E-state index in [1.54, 1.807) is 24.3 Å². The van der Waals surface area contributed by atoms with E-state index in [1.807, 2.05) is 0 Å². The predicted octanol–water partition coefficient (Wildman–Crippen LogP) is 2.87. The van der Waals surface area contributed by atoms with Gasteiger partial charge in [-0.1, -0.05) is 23.2 Å². The number of aliphatic hydroxyl groups excluding tert-OH is 1. The number of aliphatic hydroxyl groups is 1. The van der Waals surface area contributed by atoms with Crippen molar-refractivity contribution in [3.63, 3.8) is 0 Å². The Morgan fingerprint density at radius 1 is 1.25 bits per heavy atom. The summed E-state index contributed by atoms with van der Waals surface area (Å²) in [6.45, 7) is 0.0872. The van der Waals surface area contributed by atoms with Gasteiger partial charge in [0.25, 0.3) is 5.56 Å². The predicted molar refractivity (Wildman–Crippen MR) is 93.1 cm³/mol. The van der Waals surface area contributed by atoms with Gasteiger partial charge in [0.1, 0.15) is 18.5 Å². The molecule has 24 heavy (non-hydrogen) atoms. The van der Waals surface area contributed by atoms with E-state index in [0.717, 1.165) is 36.9 Å². The third kappa shape index (κ3) is 4.09. The van der Waals surface area contributed by atoms with Gasteiger partial charge in [0.15, 0.2) is 0 Å². The largest absolute Gasteiger partial charge is 0.489 e. The van der Waals surface area contributed by atoms with E-state index in [2.05, 4.69) is 5.10 Å². The average Bonchev–Trinajstić information content (AvgIpc) is 2.55. The Balaban J connectivity index is 1.64. The van der Waals surface area contributed by atoms with Gasteiger partial charge in [0, 0.05) is 11.1 Å². The molecule has 7 heteroatoms. The summed E-state index contributed by atoms with van der Waals surface area (Å²) in [6.07, 6.45) is 3.08. The van der Waals surface area contributed by atoms with Crippen LogP contribution < -0.4 is 10.3 Å². The highest BCUT2D eigenvalue weighted by molar-refractivity contribution is 6.35. The summed E-state index contributed by atoms with van der Waals surface area (Å²) in [6, 6.07) is 6.50. The second-order valence-corrected chi connectivity index (χ2v) is 6.73. The third-order valence-corrected chi connectivity index (χ3v) is 4.51. The van der Waals surface area contributed by atoms with E-state index < -0.39 is 6.10 Å². The second kappa shape index (κ2) is 7.55. The lowest BCUT2D eigenvalue weighted by Crippen LogP contribution is -2.33. The number of ether oxygens (including phenoxy) is 1. The lowest BCUT2D eigenvalue weighted by Gasteiger charge is -2.18. The van der Waals surface area contributed by atoms with E-state index >= 15 is 0 Å². The van der Waals surface area contributed by atoms with Gasteiger partial charge in [-0.05, 0) is 49.4 Å². The molecule has 3 rings (SSSR count). The normalized spacial score (nSPS) is 15.0. The maximum Gasteiger partial charge on any atom is 0.267 e. The van der Waals surface area contributed by atoms with E-state index in [4.69, 9.17) is 27.9 Å². The topological polar surface area (TPSA) is 64.4 Å². The van der Waals surface area contributed by atoms with Gasteiger partial charge < -0.3 is 9.84 Å². The van der Waals surface area contributed by atoms with E-state index in [0.29, 0.717) is 15.8 Å². The van der Waals surface area contributed by atoms with Crippen LogP contribution in [0.15, 0.2) is 29.1 Å². The highest BCUT2D eigenvalue weighted by Gasteiger charge is 2.15. The molecule has 5 nitrogen and oxygen atoms in total. The number of rotatable bonds is 5. The molecule has 1 aromatic heterocycles. The van der Waals surface area contributed by atoms with Crippen LogP contribution in [0.1, 0.15) is 24.1 Å². The lowest BCUT2D eigenvalue weighted by molar-refractivity contribution is 0.0877. The molecule has 1 atom stereocenters. The van der Waals surface area contributed by atoms with Gasteiger partial charge in [-0.15, -0.1) is 0 Å². The number of fused-ring (bicyclic) bond motifs is 1. The van der Waals surface area contributed by atoms with E-state index in [-0.39, 0.29) is 18.7 Å². The fraction of sp³-hybridized carbons (Fsp3) is 0.412. The van der Waals surface area contributed by atoms with Gasteiger partial charge in [-0.2, -0.15) is 5.10 Å². The van der Waals surface area contributed by atoms with E-state index in [9.17, 15) is 9.90 Å². The molecule has 1 aliphatic rings. The molecule has 0 fully saturated rings. The summed E-state index contributed by atoms with van der Waals surface area (Å²) >= 11 is 11.8. The van der Waals surface area contributed by atoms with Crippen LogP contribution in [0.2, 0.25) is 10.0 Å². The molecule has 1 aromatic carbocycles. The first-order chi connectivity index (χ1) is 11.5. The van der Waals surface area contributed by atoms with Crippen molar-refractivity contribution in [2.45, 2.75) is 38.3 Å². The summed E-state index contributed by atoms with van der Waals surface area (Å²) < 4.78 is 6.80. The van der Waals surface area contributed by atoms with Crippen molar-refractivity contribution in [3.8, 4) is 5.75 Å². The van der Waals surface area contributed by atoms with Crippen LogP contribution in [0.25, 0.3) is 0 Å². The van der Waals surface area contributed by atoms with Crippen LogP contribution in [0.5, 0.6) is 5.75 Å². The molecular weight excluding hydrogens is 351 g/mol. The highest BCUT2D eigenvalue weighted by atomic mass is 35.5. The van der Waals surface area contributed by atoms with Crippen molar-refractivity contribution in [1.29, 1.82) is 0 Å². The molecule has 1 N–H and O–H groups in total. The molecule has 2 aromatic rings. The zero-order valence-electron chi connectivity index (χ0n) is 13.0. The Morgan fingerprint density at radius 2 is 2.04 bits per heavy atom. The van der Waals surface area contributed by atoms with Crippen LogP contribution in [0.3, 0.4) is 0 Å². The number of aryl methyl sites for hydroxylation is 2. The van der Waals surface area contributed by atoms with Gasteiger partial charge in [-0.3, -0.25) is 4.79 Å². The lowest BCUT2D eigenvalue weighted by atomic mass is 9.97. The van der Waals surface area contributed by atoms with Crippen LogP contribution >= 0.6 is 23.2 Å². The summed E-state index contributed by atoms with van der Waals surface area (Å²) in [7, 11) is 0. The first-order valence-corrected chi connectivity index (χ1v) is 8.64. The highest BCUT2D eigenvalue weighted by Crippen LogP contribution is 2.27. The SMILES string of the molecule is O=c1cc2c(nn1CC(O)COc1ccc(Cl)cc1Cl)CCCC2. The number of aromatic nitrogens is 2. The van der Waals surface area contributed by atoms with Crippen LogP contribution in [-0.2, 0) is 19.4 Å². The number of halogens is 2. The van der Waals surface area contributed by atoms with Crippen molar-refractivity contribution in [1.82, 2.24) is 9.78 Å². The van der Waals surface area contributed by atoms with Crippen molar-refractivity contribution < 1.29 is 9.84 Å². The first-order valence-electron chi connectivity index (χ1n) is 7.89. The molecule has 0 saturated heterocycles. The standard InChI is InChI=1S/C17H18Cl2N2O3/c18-12-5-6-16(14(19)8-12)24-10-13(22)9-21-17(23)7-11-3-1-2-4-15(11)20-21/h5-8,13,22H,1-4,9-10H2. The molecule has 1 aliphatic carbocycles. The monoisotopic (exact) mass is 368 g/mol.